The van der Waals surface area contributed by atoms with Crippen molar-refractivity contribution in [3.63, 3.8) is 0 Å². The van der Waals surface area contributed by atoms with Gasteiger partial charge in [-0.1, -0.05) is 12.1 Å². The first-order valence-corrected chi connectivity index (χ1v) is 8.41. The van der Waals surface area contributed by atoms with Gasteiger partial charge in [-0.3, -0.25) is 4.79 Å². The summed E-state index contributed by atoms with van der Waals surface area (Å²) in [5, 5.41) is 1.80. The number of hydrogen-bond acceptors (Lipinski definition) is 3. The summed E-state index contributed by atoms with van der Waals surface area (Å²) in [7, 11) is 0. The molecule has 3 nitrogen and oxygen atoms in total. The van der Waals surface area contributed by atoms with Crippen LogP contribution in [0.1, 0.15) is 12.5 Å². The number of nitrogens with one attached hydrogen (secondary N) is 1. The Kier molecular flexibility index (Phi) is 6.47. The Bertz CT molecular complexity index is 765. The van der Waals surface area contributed by atoms with Crippen LogP contribution in [0.4, 0.5) is 27.6 Å². The van der Waals surface area contributed by atoms with Crippen LogP contribution in [0.15, 0.2) is 42.5 Å². The van der Waals surface area contributed by atoms with E-state index < -0.39 is 29.2 Å². The fourth-order valence-electron chi connectivity index (χ4n) is 1.91. The molecule has 0 radical (unpaired) electrons. The molecule has 1 atom stereocenters. The number of benzene rings is 2. The molecule has 0 heterocycles. The number of alkyl halides is 3. The molecule has 26 heavy (non-hydrogen) atoms. The number of rotatable bonds is 6. The van der Waals surface area contributed by atoms with Crippen molar-refractivity contribution in [1.29, 1.82) is 0 Å². The predicted octanol–water partition coefficient (Wildman–Crippen LogP) is 5.12. The minimum absolute atomic E-state index is 0.127. The van der Waals surface area contributed by atoms with Crippen molar-refractivity contribution in [1.82, 2.24) is 0 Å². The molecule has 2 aromatic carbocycles. The van der Waals surface area contributed by atoms with Gasteiger partial charge in [-0.2, -0.15) is 0 Å². The van der Waals surface area contributed by atoms with Gasteiger partial charge in [-0.15, -0.1) is 24.9 Å². The average Bonchev–Trinajstić information content (AvgIpc) is 2.55. The molecule has 0 bridgehead atoms. The van der Waals surface area contributed by atoms with Gasteiger partial charge in [-0.05, 0) is 36.8 Å². The van der Waals surface area contributed by atoms with E-state index in [9.17, 15) is 26.7 Å². The lowest BCUT2D eigenvalue weighted by atomic mass is 10.2. The molecule has 2 aromatic rings. The fourth-order valence-corrected chi connectivity index (χ4v) is 2.75. The van der Waals surface area contributed by atoms with Gasteiger partial charge in [0, 0.05) is 11.8 Å². The van der Waals surface area contributed by atoms with E-state index in [4.69, 9.17) is 0 Å². The molecule has 0 aliphatic rings. The number of carbonyl (C=O) groups excluding carboxylic acids is 1. The number of anilines is 1. The normalized spacial score (nSPS) is 12.5. The molecule has 0 fully saturated rings. The zero-order chi connectivity index (χ0) is 19.3. The Morgan fingerprint density at radius 2 is 1.81 bits per heavy atom. The van der Waals surface area contributed by atoms with E-state index in [1.54, 1.807) is 6.92 Å². The van der Waals surface area contributed by atoms with Crippen molar-refractivity contribution in [2.24, 2.45) is 0 Å². The molecule has 140 valence electrons. The van der Waals surface area contributed by atoms with E-state index in [1.165, 1.54) is 36.0 Å². The van der Waals surface area contributed by atoms with Crippen molar-refractivity contribution < 1.29 is 31.5 Å². The van der Waals surface area contributed by atoms with Gasteiger partial charge in [0.2, 0.25) is 5.91 Å². The zero-order valence-electron chi connectivity index (χ0n) is 13.4. The summed E-state index contributed by atoms with van der Waals surface area (Å²) in [5.74, 6) is -2.08. The maximum absolute atomic E-state index is 13.5. The molecule has 0 aliphatic carbocycles. The van der Waals surface area contributed by atoms with Gasteiger partial charge >= 0.3 is 6.36 Å². The SMILES string of the molecule is CC(SCc1ccc(OC(F)(F)F)cc1)C(=O)Nc1ccc(F)cc1F. The quantitative estimate of drug-likeness (QED) is 0.695. The van der Waals surface area contributed by atoms with Crippen LogP contribution in [0.2, 0.25) is 0 Å². The molecule has 9 heteroatoms. The van der Waals surface area contributed by atoms with Gasteiger partial charge in [0.05, 0.1) is 10.9 Å². The number of hydrogen-bond donors (Lipinski definition) is 1. The molecule has 1 amide bonds. The van der Waals surface area contributed by atoms with E-state index in [-0.39, 0.29) is 11.4 Å². The smallest absolute Gasteiger partial charge is 0.406 e. The first-order valence-electron chi connectivity index (χ1n) is 7.36. The Morgan fingerprint density at radius 1 is 1.15 bits per heavy atom. The van der Waals surface area contributed by atoms with Gasteiger partial charge in [0.1, 0.15) is 17.4 Å². The lowest BCUT2D eigenvalue weighted by Crippen LogP contribution is -2.23. The van der Waals surface area contributed by atoms with Crippen LogP contribution < -0.4 is 10.1 Å². The highest BCUT2D eigenvalue weighted by atomic mass is 32.2. The number of halogens is 5. The molecule has 0 spiro atoms. The van der Waals surface area contributed by atoms with Crippen molar-refractivity contribution in [2.75, 3.05) is 5.32 Å². The molecule has 0 saturated heterocycles. The number of amides is 1. The fraction of sp³-hybridized carbons (Fsp3) is 0.235. The van der Waals surface area contributed by atoms with Crippen LogP contribution in [0, 0.1) is 11.6 Å². The van der Waals surface area contributed by atoms with Crippen molar-refractivity contribution in [3.8, 4) is 5.75 Å². The van der Waals surface area contributed by atoms with Gasteiger partial charge in [0.15, 0.2) is 0 Å². The first-order chi connectivity index (χ1) is 12.1. The summed E-state index contributed by atoms with van der Waals surface area (Å²) in [6.07, 6.45) is -4.75. The summed E-state index contributed by atoms with van der Waals surface area (Å²) in [6.45, 7) is 1.60. The van der Waals surface area contributed by atoms with Crippen LogP contribution in [-0.4, -0.2) is 17.5 Å². The Labute approximate surface area is 150 Å². The molecule has 0 aliphatic heterocycles. The third-order valence-electron chi connectivity index (χ3n) is 3.22. The van der Waals surface area contributed by atoms with Crippen LogP contribution in [0.3, 0.4) is 0 Å². The van der Waals surface area contributed by atoms with E-state index >= 15 is 0 Å². The van der Waals surface area contributed by atoms with Crippen LogP contribution in [0.25, 0.3) is 0 Å². The van der Waals surface area contributed by atoms with E-state index in [0.717, 1.165) is 12.1 Å². The molecular formula is C17H14F5NO2S. The second-order valence-electron chi connectivity index (χ2n) is 5.26. The molecule has 2 rings (SSSR count). The van der Waals surface area contributed by atoms with E-state index in [1.807, 2.05) is 0 Å². The maximum atomic E-state index is 13.5. The lowest BCUT2D eigenvalue weighted by Gasteiger charge is -2.13. The van der Waals surface area contributed by atoms with Crippen LogP contribution in [-0.2, 0) is 10.5 Å². The summed E-state index contributed by atoms with van der Waals surface area (Å²) >= 11 is 1.21. The average molecular weight is 391 g/mol. The Hall–Kier alpha value is -2.29. The molecule has 0 aromatic heterocycles. The van der Waals surface area contributed by atoms with E-state index in [0.29, 0.717) is 17.4 Å². The summed E-state index contributed by atoms with van der Waals surface area (Å²) in [5.41, 5.74) is 0.564. The predicted molar refractivity (Wildman–Crippen MR) is 88.9 cm³/mol. The lowest BCUT2D eigenvalue weighted by molar-refractivity contribution is -0.274. The minimum atomic E-state index is -4.75. The standard InChI is InChI=1S/C17H14F5NO2S/c1-10(16(24)23-15-7-4-12(18)8-14(15)19)26-9-11-2-5-13(6-3-11)25-17(20,21)22/h2-8,10H,9H2,1H3,(H,23,24). The first kappa shape index (κ1) is 20.0. The van der Waals surface area contributed by atoms with E-state index in [2.05, 4.69) is 10.1 Å². The second kappa shape index (κ2) is 8.39. The Morgan fingerprint density at radius 3 is 2.38 bits per heavy atom. The van der Waals surface area contributed by atoms with Crippen LogP contribution in [0.5, 0.6) is 5.75 Å². The molecular weight excluding hydrogens is 377 g/mol. The van der Waals surface area contributed by atoms with Gasteiger partial charge in [0.25, 0.3) is 0 Å². The maximum Gasteiger partial charge on any atom is 0.573 e. The largest absolute Gasteiger partial charge is 0.573 e. The molecule has 0 saturated carbocycles. The number of thioether (sulfide) groups is 1. The molecule has 1 unspecified atom stereocenters. The third kappa shape index (κ3) is 6.21. The van der Waals surface area contributed by atoms with Crippen molar-refractivity contribution in [2.45, 2.75) is 24.3 Å². The highest BCUT2D eigenvalue weighted by molar-refractivity contribution is 7.99. The highest BCUT2D eigenvalue weighted by Gasteiger charge is 2.30. The molecule has 1 N–H and O–H groups in total. The summed E-state index contributed by atoms with van der Waals surface area (Å²) in [4.78, 5) is 12.0. The van der Waals surface area contributed by atoms with Crippen LogP contribution >= 0.6 is 11.8 Å². The van der Waals surface area contributed by atoms with Crippen molar-refractivity contribution in [3.05, 3.63) is 59.7 Å². The topological polar surface area (TPSA) is 38.3 Å². The van der Waals surface area contributed by atoms with Gasteiger partial charge < -0.3 is 10.1 Å². The number of carbonyl (C=O) groups is 1. The second-order valence-corrected chi connectivity index (χ2v) is 6.59. The minimum Gasteiger partial charge on any atom is -0.406 e. The van der Waals surface area contributed by atoms with Gasteiger partial charge in [-0.25, -0.2) is 8.78 Å². The third-order valence-corrected chi connectivity index (χ3v) is 4.43. The highest BCUT2D eigenvalue weighted by Crippen LogP contribution is 2.25. The number of ether oxygens (including phenoxy) is 1. The summed E-state index contributed by atoms with van der Waals surface area (Å²) < 4.78 is 66.4. The Balaban J connectivity index is 1.87. The summed E-state index contributed by atoms with van der Waals surface area (Å²) in [6, 6.07) is 8.10. The van der Waals surface area contributed by atoms with Crippen molar-refractivity contribution >= 4 is 23.4 Å². The monoisotopic (exact) mass is 391 g/mol. The zero-order valence-corrected chi connectivity index (χ0v) is 14.3.